The summed E-state index contributed by atoms with van der Waals surface area (Å²) in [4.78, 5) is 43.9. The summed E-state index contributed by atoms with van der Waals surface area (Å²) in [6, 6.07) is 30.7. The Morgan fingerprint density at radius 2 is 0.581 bits per heavy atom. The highest BCUT2D eigenvalue weighted by Crippen LogP contribution is 2.46. The van der Waals surface area contributed by atoms with Gasteiger partial charge in [0.15, 0.2) is 23.3 Å². The zero-order valence-electron chi connectivity index (χ0n) is 43.4. The molecule has 0 amide bonds. The van der Waals surface area contributed by atoms with Crippen molar-refractivity contribution in [1.29, 1.82) is 0 Å². The number of benzene rings is 5. The molecule has 0 radical (unpaired) electrons. The zero-order valence-corrected chi connectivity index (χ0v) is 44.9. The Morgan fingerprint density at radius 3 is 0.919 bits per heavy atom. The Kier molecular flexibility index (Phi) is 8.37. The highest BCUT2D eigenvalue weighted by atomic mass is 35.5. The molecule has 0 aliphatic carbocycles. The van der Waals surface area contributed by atoms with Crippen LogP contribution in [-0.2, 0) is 21.7 Å². The van der Waals surface area contributed by atoms with Gasteiger partial charge < -0.3 is 17.9 Å². The van der Waals surface area contributed by atoms with Gasteiger partial charge >= 0.3 is 12.8 Å². The van der Waals surface area contributed by atoms with E-state index < -0.39 is 12.8 Å². The van der Waals surface area contributed by atoms with E-state index in [1.807, 2.05) is 17.9 Å². The Balaban J connectivity index is 1.05. The quantitative estimate of drug-likeness (QED) is 0.135. The lowest BCUT2D eigenvalue weighted by Crippen LogP contribution is -2.45. The van der Waals surface area contributed by atoms with E-state index in [2.05, 4.69) is 168 Å². The van der Waals surface area contributed by atoms with E-state index in [4.69, 9.17) is 62.9 Å². The van der Waals surface area contributed by atoms with Crippen molar-refractivity contribution in [3.8, 4) is 0 Å². The molecule has 10 heterocycles. The van der Waals surface area contributed by atoms with Gasteiger partial charge in [0.25, 0.3) is 0 Å². The summed E-state index contributed by atoms with van der Waals surface area (Å²) in [5.74, 6) is 4.88. The highest BCUT2D eigenvalue weighted by molar-refractivity contribution is 7.06. The lowest BCUT2D eigenvalue weighted by atomic mass is 9.86. The first-order chi connectivity index (χ1) is 35.0. The minimum atomic E-state index is -0.735. The smallest absolute Gasteiger partial charge is 0.319 e. The average molecular weight is 1010 g/mol. The summed E-state index contributed by atoms with van der Waals surface area (Å²) in [7, 11) is 0. The molecule has 6 aliphatic heterocycles. The summed E-state index contributed by atoms with van der Waals surface area (Å²) in [6.45, 7) is 26.8. The molecule has 0 saturated heterocycles. The normalized spacial score (nSPS) is 16.1. The van der Waals surface area contributed by atoms with Crippen LogP contribution in [-0.4, -0.2) is 54.1 Å². The number of nitrogens with zero attached hydrogens (tertiary/aromatic N) is 12. The van der Waals surface area contributed by atoms with Gasteiger partial charge in [-0.3, -0.25) is 0 Å². The number of amidine groups is 4. The van der Waals surface area contributed by atoms with E-state index >= 15 is 0 Å². The molecule has 0 atom stereocenters. The molecule has 0 fully saturated rings. The predicted molar refractivity (Wildman–Crippen MR) is 303 cm³/mol. The molecule has 12 nitrogen and oxygen atoms in total. The minimum absolute atomic E-state index is 0.110. The summed E-state index contributed by atoms with van der Waals surface area (Å²) in [6.07, 6.45) is -1.47. The maximum Gasteiger partial charge on any atom is 0.499 e. The molecule has 16 heteroatoms. The van der Waals surface area contributed by atoms with E-state index in [-0.39, 0.29) is 21.7 Å². The minimum Gasteiger partial charge on any atom is -0.319 e. The number of hydrogen-bond acceptors (Lipinski definition) is 8. The number of aromatic nitrogens is 4. The van der Waals surface area contributed by atoms with Crippen LogP contribution in [0.4, 0.5) is 23.3 Å². The molecule has 6 aliphatic rings. The van der Waals surface area contributed by atoms with Crippen molar-refractivity contribution in [3.05, 3.63) is 151 Å². The van der Waals surface area contributed by atoms with Crippen LogP contribution in [0.15, 0.2) is 125 Å². The number of hydrogen-bond donors (Lipinski definition) is 0. The molecule has 0 saturated carbocycles. The van der Waals surface area contributed by atoms with Crippen LogP contribution in [0.25, 0.3) is 43.1 Å². The third-order valence-electron chi connectivity index (χ3n) is 16.0. The van der Waals surface area contributed by atoms with Gasteiger partial charge in [-0.25, -0.2) is 39.9 Å². The number of rotatable bonds is 0. The Bertz CT molecular complexity index is 4340. The number of aliphatic imine (C=N–C) groups is 4. The molecule has 4 aromatic heterocycles. The lowest BCUT2D eigenvalue weighted by Gasteiger charge is -2.19. The molecule has 5 aromatic carbocycles. The number of halogens is 2. The summed E-state index contributed by atoms with van der Waals surface area (Å²) in [5, 5.41) is 7.64. The van der Waals surface area contributed by atoms with Crippen molar-refractivity contribution in [2.45, 2.75) is 105 Å². The van der Waals surface area contributed by atoms with Gasteiger partial charge in [-0.1, -0.05) is 132 Å². The molecule has 0 unspecified atom stereocenters. The van der Waals surface area contributed by atoms with Gasteiger partial charge in [-0.2, -0.15) is 0 Å². The second-order valence-corrected chi connectivity index (χ2v) is 25.6. The van der Waals surface area contributed by atoms with Crippen LogP contribution in [0, 0.1) is 0 Å². The van der Waals surface area contributed by atoms with Gasteiger partial charge in [0, 0.05) is 65.3 Å². The average Bonchev–Trinajstić information content (AvgIpc) is 4.16. The van der Waals surface area contributed by atoms with Gasteiger partial charge in [-0.05, 0) is 80.3 Å². The third kappa shape index (κ3) is 5.84. The SMILES string of the molecule is CC(C)(C)c1ccc2c3n4c(c2c1)N=C1N=C(N=c2c5ccc(C(C)(C)C)cc5c(n2B4Cl)=N3)c2cc3c(cc21)C1=Nc2c4cc(C(C)(C)C)ccc4c4n2B(Cl)n2c(c5ccc(C(C)(C)C)cc5c2=N4)=NC3=N1. The summed E-state index contributed by atoms with van der Waals surface area (Å²) < 4.78 is 8.19. The summed E-state index contributed by atoms with van der Waals surface area (Å²) in [5.41, 5.74) is 10.3. The van der Waals surface area contributed by atoms with E-state index in [1.165, 1.54) is 22.3 Å². The molecule has 0 spiro atoms. The van der Waals surface area contributed by atoms with Crippen LogP contribution < -0.4 is 22.0 Å². The van der Waals surface area contributed by atoms with Gasteiger partial charge in [0.1, 0.15) is 45.2 Å². The largest absolute Gasteiger partial charge is 0.499 e. The van der Waals surface area contributed by atoms with Crippen LogP contribution >= 0.6 is 22.9 Å². The highest BCUT2D eigenvalue weighted by Gasteiger charge is 2.40. The van der Waals surface area contributed by atoms with Crippen molar-refractivity contribution in [2.24, 2.45) is 39.9 Å². The lowest BCUT2D eigenvalue weighted by molar-refractivity contribution is 0.591. The predicted octanol–water partition coefficient (Wildman–Crippen LogP) is 11.4. The number of fused-ring (bicyclic) bond motifs is 20. The fourth-order valence-corrected chi connectivity index (χ4v) is 12.4. The van der Waals surface area contributed by atoms with E-state index in [0.29, 0.717) is 46.0 Å². The first-order valence-electron chi connectivity index (χ1n) is 25.4. The van der Waals surface area contributed by atoms with Crippen molar-refractivity contribution in [2.75, 3.05) is 0 Å². The maximum absolute atomic E-state index is 7.84. The molecular weight excluding hydrogens is 957 g/mol. The molecule has 74 heavy (non-hydrogen) atoms. The summed E-state index contributed by atoms with van der Waals surface area (Å²) >= 11 is 15.7. The Labute approximate surface area is 437 Å². The third-order valence-corrected chi connectivity index (χ3v) is 16.7. The first-order valence-corrected chi connectivity index (χ1v) is 26.3. The van der Waals surface area contributed by atoms with Crippen molar-refractivity contribution in [1.82, 2.24) is 17.9 Å². The van der Waals surface area contributed by atoms with Gasteiger partial charge in [-0.15, -0.1) is 22.9 Å². The second kappa shape index (κ2) is 14.0. The van der Waals surface area contributed by atoms with E-state index in [9.17, 15) is 0 Å². The van der Waals surface area contributed by atoms with Crippen molar-refractivity contribution < 1.29 is 0 Å². The fourth-order valence-electron chi connectivity index (χ4n) is 11.7. The van der Waals surface area contributed by atoms with Crippen molar-refractivity contribution >= 4 is 125 Å². The van der Waals surface area contributed by atoms with Crippen molar-refractivity contribution in [3.63, 3.8) is 0 Å². The monoisotopic (exact) mass is 1010 g/mol. The van der Waals surface area contributed by atoms with Gasteiger partial charge in [0.05, 0.1) is 0 Å². The van der Waals surface area contributed by atoms with E-state index in [1.54, 1.807) is 0 Å². The molecule has 15 rings (SSSR count). The molecule has 9 aromatic rings. The Morgan fingerprint density at radius 1 is 0.297 bits per heavy atom. The standard InChI is InChI=1S/C58H50B2Cl2N12/c1-55(2,3)27-15-19-33-39(21-27)51-67-45-37-26-38-36(25-35(37)43(63-45)65-47-31-17-13-29(57(7,8)9)23-41(31)53-69-49(33)73(51)59(61)71(47)53)44-64-46(38)68-52-40-22-28(56(4,5)6)16-20-34(40)50-70-54-42-24-30(58(10,11)12)14-18-32(42)48(66-44)72(54)60(62)74(50)52/h13-26H,1-12H3. The van der Waals surface area contributed by atoms with Gasteiger partial charge in [0.2, 0.25) is 0 Å². The van der Waals surface area contributed by atoms with Crippen LogP contribution in [0.5, 0.6) is 0 Å². The second-order valence-electron chi connectivity index (χ2n) is 24.9. The zero-order chi connectivity index (χ0) is 51.2. The molecule has 8 bridgehead atoms. The van der Waals surface area contributed by atoms with Crippen LogP contribution in [0.1, 0.15) is 128 Å². The van der Waals surface area contributed by atoms with E-state index in [0.717, 1.165) is 88.0 Å². The van der Waals surface area contributed by atoms with Crippen LogP contribution in [0.3, 0.4) is 0 Å². The topological polar surface area (TPSA) is 119 Å². The fraction of sp³-hybridized carbons (Fsp3) is 0.276. The van der Waals surface area contributed by atoms with Crippen LogP contribution in [0.2, 0.25) is 0 Å². The molecular formula is C58H50B2Cl2N12. The first kappa shape index (κ1) is 44.3. The maximum atomic E-state index is 7.84. The molecule has 0 N–H and O–H groups in total. The Hall–Kier alpha value is -7.15. The molecule has 362 valence electrons.